The highest BCUT2D eigenvalue weighted by molar-refractivity contribution is 5.89. The summed E-state index contributed by atoms with van der Waals surface area (Å²) in [5, 5.41) is 0. The molecule has 0 fully saturated rings. The Bertz CT molecular complexity index is 602. The third-order valence-corrected chi connectivity index (χ3v) is 2.96. The number of carbonyl (C=O) groups is 2. The summed E-state index contributed by atoms with van der Waals surface area (Å²) in [6.07, 6.45) is 1.02. The minimum absolute atomic E-state index is 0.194. The highest BCUT2D eigenvalue weighted by atomic mass is 16.5. The molecular weight excluding hydrogens is 240 g/mol. The van der Waals surface area contributed by atoms with Crippen LogP contribution < -0.4 is 0 Å². The molecule has 0 spiro atoms. The lowest BCUT2D eigenvalue weighted by molar-refractivity contribution is -0.139. The molecule has 3 heteroatoms. The highest BCUT2D eigenvalue weighted by Crippen LogP contribution is 2.26. The van der Waals surface area contributed by atoms with Crippen molar-refractivity contribution in [3.63, 3.8) is 0 Å². The first kappa shape index (κ1) is 13.0. The zero-order valence-corrected chi connectivity index (χ0v) is 10.6. The Hall–Kier alpha value is -2.42. The van der Waals surface area contributed by atoms with Gasteiger partial charge in [-0.15, -0.1) is 0 Å². The van der Waals surface area contributed by atoms with Crippen LogP contribution in [-0.2, 0) is 16.0 Å². The molecule has 0 unspecified atom stereocenters. The molecule has 19 heavy (non-hydrogen) atoms. The summed E-state index contributed by atoms with van der Waals surface area (Å²) in [5.74, 6) is -0.295. The molecule has 0 radical (unpaired) electrons. The van der Waals surface area contributed by atoms with Gasteiger partial charge in [-0.2, -0.15) is 0 Å². The number of ether oxygens (including phenoxy) is 1. The normalized spacial score (nSPS) is 9.95. The van der Waals surface area contributed by atoms with Crippen molar-refractivity contribution in [3.8, 4) is 11.1 Å². The van der Waals surface area contributed by atoms with Crippen molar-refractivity contribution in [3.05, 3.63) is 59.7 Å². The molecule has 0 N–H and O–H groups in total. The minimum Gasteiger partial charge on any atom is -0.469 e. The minimum atomic E-state index is -0.295. The molecule has 0 aliphatic heterocycles. The number of rotatable bonds is 4. The number of aldehydes is 1. The topological polar surface area (TPSA) is 43.4 Å². The molecule has 0 atom stereocenters. The molecule has 2 aromatic rings. The summed E-state index contributed by atoms with van der Waals surface area (Å²) >= 11 is 0. The maximum absolute atomic E-state index is 11.4. The zero-order valence-electron chi connectivity index (χ0n) is 10.6. The third-order valence-electron chi connectivity index (χ3n) is 2.96. The molecule has 0 saturated carbocycles. The fraction of sp³-hybridized carbons (Fsp3) is 0.125. The summed E-state index contributed by atoms with van der Waals surface area (Å²) in [7, 11) is 1.37. The van der Waals surface area contributed by atoms with Crippen LogP contribution in [0.3, 0.4) is 0 Å². The van der Waals surface area contributed by atoms with Gasteiger partial charge in [-0.1, -0.05) is 48.5 Å². The fourth-order valence-electron chi connectivity index (χ4n) is 2.01. The first-order valence-corrected chi connectivity index (χ1v) is 5.95. The highest BCUT2D eigenvalue weighted by Gasteiger charge is 2.11. The number of hydrogen-bond donors (Lipinski definition) is 0. The molecule has 3 nitrogen and oxygen atoms in total. The Kier molecular flexibility index (Phi) is 4.08. The number of carbonyl (C=O) groups excluding carboxylic acids is 2. The molecule has 0 aromatic heterocycles. The Morgan fingerprint density at radius 1 is 1.05 bits per heavy atom. The Labute approximate surface area is 111 Å². The monoisotopic (exact) mass is 254 g/mol. The van der Waals surface area contributed by atoms with Gasteiger partial charge in [-0.05, 0) is 16.7 Å². The van der Waals surface area contributed by atoms with Crippen molar-refractivity contribution < 1.29 is 14.3 Å². The maximum Gasteiger partial charge on any atom is 0.309 e. The lowest BCUT2D eigenvalue weighted by atomic mass is 9.94. The first-order chi connectivity index (χ1) is 9.26. The Morgan fingerprint density at radius 2 is 1.68 bits per heavy atom. The SMILES string of the molecule is COC(=O)Cc1ccccc1-c1ccccc1C=O. The number of esters is 1. The average molecular weight is 254 g/mol. The Balaban J connectivity index is 2.50. The van der Waals surface area contributed by atoms with E-state index in [2.05, 4.69) is 0 Å². The van der Waals surface area contributed by atoms with Gasteiger partial charge < -0.3 is 4.74 Å². The number of benzene rings is 2. The molecule has 2 aromatic carbocycles. The van der Waals surface area contributed by atoms with E-state index in [0.717, 1.165) is 23.0 Å². The summed E-state index contributed by atoms with van der Waals surface area (Å²) in [6, 6.07) is 14.8. The van der Waals surface area contributed by atoms with Gasteiger partial charge in [0.05, 0.1) is 13.5 Å². The lowest BCUT2D eigenvalue weighted by Gasteiger charge is -2.10. The van der Waals surface area contributed by atoms with E-state index in [0.29, 0.717) is 5.56 Å². The largest absolute Gasteiger partial charge is 0.469 e. The zero-order chi connectivity index (χ0) is 13.7. The van der Waals surface area contributed by atoms with Gasteiger partial charge in [0.25, 0.3) is 0 Å². The van der Waals surface area contributed by atoms with Crippen LogP contribution in [0.1, 0.15) is 15.9 Å². The summed E-state index contributed by atoms with van der Waals surface area (Å²) in [4.78, 5) is 22.5. The van der Waals surface area contributed by atoms with Crippen LogP contribution >= 0.6 is 0 Å². The second-order valence-corrected chi connectivity index (χ2v) is 4.12. The van der Waals surface area contributed by atoms with Gasteiger partial charge in [0, 0.05) is 5.56 Å². The van der Waals surface area contributed by atoms with Crippen molar-refractivity contribution in [2.24, 2.45) is 0 Å². The van der Waals surface area contributed by atoms with Crippen molar-refractivity contribution in [1.29, 1.82) is 0 Å². The second-order valence-electron chi connectivity index (χ2n) is 4.12. The molecule has 0 saturated heterocycles. The lowest BCUT2D eigenvalue weighted by Crippen LogP contribution is -2.06. The molecule has 0 aliphatic rings. The molecule has 0 heterocycles. The maximum atomic E-state index is 11.4. The van der Waals surface area contributed by atoms with Crippen molar-refractivity contribution >= 4 is 12.3 Å². The molecule has 2 rings (SSSR count). The van der Waals surface area contributed by atoms with Gasteiger partial charge in [-0.25, -0.2) is 0 Å². The standard InChI is InChI=1S/C16H14O3/c1-19-16(18)10-12-6-2-4-8-14(12)15-9-5-3-7-13(15)11-17/h2-9,11H,10H2,1H3. The summed E-state index contributed by atoms with van der Waals surface area (Å²) in [6.45, 7) is 0. The van der Waals surface area contributed by atoms with E-state index in [1.54, 1.807) is 6.07 Å². The summed E-state index contributed by atoms with van der Waals surface area (Å²) < 4.78 is 4.69. The van der Waals surface area contributed by atoms with Crippen LogP contribution in [-0.4, -0.2) is 19.4 Å². The van der Waals surface area contributed by atoms with Crippen molar-refractivity contribution in [1.82, 2.24) is 0 Å². The average Bonchev–Trinajstić information content (AvgIpc) is 2.47. The molecule has 0 bridgehead atoms. The van der Waals surface area contributed by atoms with Gasteiger partial charge in [-0.3, -0.25) is 9.59 Å². The van der Waals surface area contributed by atoms with Crippen LogP contribution in [0.15, 0.2) is 48.5 Å². The fourth-order valence-corrected chi connectivity index (χ4v) is 2.01. The van der Waals surface area contributed by atoms with Crippen LogP contribution in [0.2, 0.25) is 0 Å². The second kappa shape index (κ2) is 5.96. The molecule has 0 amide bonds. The van der Waals surface area contributed by atoms with E-state index in [1.807, 2.05) is 42.5 Å². The van der Waals surface area contributed by atoms with Crippen LogP contribution in [0.25, 0.3) is 11.1 Å². The van der Waals surface area contributed by atoms with Gasteiger partial charge >= 0.3 is 5.97 Å². The van der Waals surface area contributed by atoms with Crippen molar-refractivity contribution in [2.75, 3.05) is 7.11 Å². The molecule has 0 aliphatic carbocycles. The third kappa shape index (κ3) is 2.88. The molecular formula is C16H14O3. The van der Waals surface area contributed by atoms with Gasteiger partial charge in [0.15, 0.2) is 6.29 Å². The summed E-state index contributed by atoms with van der Waals surface area (Å²) in [5.41, 5.74) is 3.18. The van der Waals surface area contributed by atoms with Crippen LogP contribution in [0.4, 0.5) is 0 Å². The predicted molar refractivity (Wildman–Crippen MR) is 73.0 cm³/mol. The van der Waals surface area contributed by atoms with E-state index >= 15 is 0 Å². The van der Waals surface area contributed by atoms with E-state index in [9.17, 15) is 9.59 Å². The predicted octanol–water partition coefficient (Wildman–Crippen LogP) is 2.88. The number of methoxy groups -OCH3 is 1. The molecule has 96 valence electrons. The smallest absolute Gasteiger partial charge is 0.309 e. The van der Waals surface area contributed by atoms with E-state index in [-0.39, 0.29) is 12.4 Å². The Morgan fingerprint density at radius 3 is 2.37 bits per heavy atom. The number of hydrogen-bond acceptors (Lipinski definition) is 3. The quantitative estimate of drug-likeness (QED) is 0.622. The van der Waals surface area contributed by atoms with Crippen molar-refractivity contribution in [2.45, 2.75) is 6.42 Å². The first-order valence-electron chi connectivity index (χ1n) is 5.95. The van der Waals surface area contributed by atoms with Crippen LogP contribution in [0.5, 0.6) is 0 Å². The van der Waals surface area contributed by atoms with E-state index in [1.165, 1.54) is 7.11 Å². The van der Waals surface area contributed by atoms with Crippen LogP contribution in [0, 0.1) is 0 Å². The van der Waals surface area contributed by atoms with E-state index in [4.69, 9.17) is 4.74 Å². The van der Waals surface area contributed by atoms with Gasteiger partial charge in [0.2, 0.25) is 0 Å². The van der Waals surface area contributed by atoms with E-state index < -0.39 is 0 Å². The van der Waals surface area contributed by atoms with Gasteiger partial charge in [0.1, 0.15) is 0 Å².